The van der Waals surface area contributed by atoms with Gasteiger partial charge in [-0.2, -0.15) is 4.31 Å². The quantitative estimate of drug-likeness (QED) is 0.882. The van der Waals surface area contributed by atoms with E-state index in [0.29, 0.717) is 24.5 Å². The van der Waals surface area contributed by atoms with Gasteiger partial charge in [0.15, 0.2) is 5.76 Å². The van der Waals surface area contributed by atoms with Crippen LogP contribution in [-0.2, 0) is 10.0 Å². The Morgan fingerprint density at radius 2 is 2.10 bits per heavy atom. The van der Waals surface area contributed by atoms with Gasteiger partial charge in [-0.15, -0.1) is 12.4 Å². The number of sulfonamides is 1. The van der Waals surface area contributed by atoms with Gasteiger partial charge in [0.25, 0.3) is 0 Å². The van der Waals surface area contributed by atoms with Crippen molar-refractivity contribution in [2.45, 2.75) is 31.6 Å². The average Bonchev–Trinajstić information content (AvgIpc) is 3.04. The Morgan fingerprint density at radius 3 is 2.65 bits per heavy atom. The van der Waals surface area contributed by atoms with Crippen LogP contribution < -0.4 is 5.32 Å². The van der Waals surface area contributed by atoms with Crippen LogP contribution in [0.5, 0.6) is 0 Å². The zero-order valence-electron chi connectivity index (χ0n) is 11.7. The monoisotopic (exact) mass is 321 g/mol. The first-order valence-corrected chi connectivity index (χ1v) is 8.02. The lowest BCUT2D eigenvalue weighted by atomic mass is 9.87. The predicted molar refractivity (Wildman–Crippen MR) is 76.5 cm³/mol. The van der Waals surface area contributed by atoms with E-state index < -0.39 is 10.0 Å². The van der Waals surface area contributed by atoms with Crippen molar-refractivity contribution in [3.63, 3.8) is 0 Å². The van der Waals surface area contributed by atoms with E-state index in [0.717, 1.165) is 25.9 Å². The second kappa shape index (κ2) is 5.29. The number of aromatic nitrogens is 1. The smallest absolute Gasteiger partial charge is 0.248 e. The summed E-state index contributed by atoms with van der Waals surface area (Å²) in [6.07, 6.45) is 1.99. The summed E-state index contributed by atoms with van der Waals surface area (Å²) in [4.78, 5) is 0.246. The lowest BCUT2D eigenvalue weighted by Gasteiger charge is -2.22. The van der Waals surface area contributed by atoms with Gasteiger partial charge in [0.2, 0.25) is 10.0 Å². The highest BCUT2D eigenvalue weighted by molar-refractivity contribution is 7.89. The number of halogens is 1. The molecule has 1 aromatic rings. The molecule has 1 spiro atoms. The molecule has 114 valence electrons. The molecule has 2 aliphatic rings. The normalized spacial score (nSPS) is 27.1. The highest BCUT2D eigenvalue weighted by atomic mass is 35.5. The fourth-order valence-electron chi connectivity index (χ4n) is 3.22. The Kier molecular flexibility index (Phi) is 4.17. The Morgan fingerprint density at radius 1 is 1.35 bits per heavy atom. The SMILES string of the molecule is Cc1noc(C)c1S(=O)(=O)N1CCC2(CCNC2)C1.Cl. The minimum absolute atomic E-state index is 0. The van der Waals surface area contributed by atoms with E-state index in [9.17, 15) is 8.42 Å². The van der Waals surface area contributed by atoms with Crippen molar-refractivity contribution in [2.75, 3.05) is 26.2 Å². The molecule has 20 heavy (non-hydrogen) atoms. The van der Waals surface area contributed by atoms with Crippen LogP contribution in [-0.4, -0.2) is 44.1 Å². The molecule has 0 saturated carbocycles. The summed E-state index contributed by atoms with van der Waals surface area (Å²) in [5.41, 5.74) is 0.578. The minimum atomic E-state index is -3.47. The summed E-state index contributed by atoms with van der Waals surface area (Å²) in [7, 11) is -3.47. The molecule has 8 heteroatoms. The maximum atomic E-state index is 12.7. The van der Waals surface area contributed by atoms with E-state index in [1.165, 1.54) is 0 Å². The minimum Gasteiger partial charge on any atom is -0.360 e. The Balaban J connectivity index is 0.00000147. The molecule has 1 atom stereocenters. The van der Waals surface area contributed by atoms with E-state index in [-0.39, 0.29) is 22.7 Å². The molecule has 2 saturated heterocycles. The first kappa shape index (κ1) is 15.8. The van der Waals surface area contributed by atoms with Crippen molar-refractivity contribution in [3.05, 3.63) is 11.5 Å². The molecule has 2 fully saturated rings. The summed E-state index contributed by atoms with van der Waals surface area (Å²) < 4.78 is 31.9. The zero-order valence-corrected chi connectivity index (χ0v) is 13.3. The Hall–Kier alpha value is -0.630. The van der Waals surface area contributed by atoms with E-state index in [4.69, 9.17) is 4.52 Å². The lowest BCUT2D eigenvalue weighted by Crippen LogP contribution is -2.33. The van der Waals surface area contributed by atoms with E-state index in [1.807, 2.05) is 0 Å². The Labute approximate surface area is 125 Å². The number of nitrogens with one attached hydrogen (secondary N) is 1. The molecular weight excluding hydrogens is 302 g/mol. The third kappa shape index (κ3) is 2.36. The molecule has 0 radical (unpaired) electrons. The van der Waals surface area contributed by atoms with Crippen LogP contribution in [0.2, 0.25) is 0 Å². The molecule has 6 nitrogen and oxygen atoms in total. The van der Waals surface area contributed by atoms with Crippen molar-refractivity contribution >= 4 is 22.4 Å². The Bertz CT molecular complexity index is 574. The van der Waals surface area contributed by atoms with Gasteiger partial charge >= 0.3 is 0 Å². The molecule has 1 aromatic heterocycles. The standard InChI is InChI=1S/C12H19N3O3S.ClH/c1-9-11(10(2)18-14-9)19(16,17)15-6-4-12(8-15)3-5-13-7-12;/h13H,3-8H2,1-2H3;1H. The van der Waals surface area contributed by atoms with Crippen molar-refractivity contribution < 1.29 is 12.9 Å². The molecule has 0 aliphatic carbocycles. The third-order valence-electron chi connectivity index (χ3n) is 4.30. The molecular formula is C12H20ClN3O3S. The van der Waals surface area contributed by atoms with Crippen molar-refractivity contribution in [1.29, 1.82) is 0 Å². The topological polar surface area (TPSA) is 75.4 Å². The van der Waals surface area contributed by atoms with Gasteiger partial charge in [-0.25, -0.2) is 8.42 Å². The highest BCUT2D eigenvalue weighted by Crippen LogP contribution is 2.39. The van der Waals surface area contributed by atoms with Gasteiger partial charge in [0.05, 0.1) is 0 Å². The highest BCUT2D eigenvalue weighted by Gasteiger charge is 2.45. The summed E-state index contributed by atoms with van der Waals surface area (Å²) >= 11 is 0. The lowest BCUT2D eigenvalue weighted by molar-refractivity contribution is 0.337. The summed E-state index contributed by atoms with van der Waals surface area (Å²) in [5, 5.41) is 7.08. The van der Waals surface area contributed by atoms with Gasteiger partial charge in [0, 0.05) is 19.6 Å². The first-order valence-electron chi connectivity index (χ1n) is 6.58. The van der Waals surface area contributed by atoms with E-state index >= 15 is 0 Å². The van der Waals surface area contributed by atoms with Crippen LogP contribution in [0.1, 0.15) is 24.3 Å². The van der Waals surface area contributed by atoms with Crippen LogP contribution in [0, 0.1) is 19.3 Å². The van der Waals surface area contributed by atoms with Gasteiger partial charge in [0.1, 0.15) is 10.6 Å². The molecule has 0 aromatic carbocycles. The fourth-order valence-corrected chi connectivity index (χ4v) is 5.06. The van der Waals surface area contributed by atoms with Gasteiger partial charge < -0.3 is 9.84 Å². The number of rotatable bonds is 2. The molecule has 1 N–H and O–H groups in total. The molecule has 0 amide bonds. The second-order valence-corrected chi connectivity index (χ2v) is 7.54. The zero-order chi connectivity index (χ0) is 13.7. The van der Waals surface area contributed by atoms with Crippen molar-refractivity contribution in [1.82, 2.24) is 14.8 Å². The van der Waals surface area contributed by atoms with E-state index in [1.54, 1.807) is 18.2 Å². The maximum absolute atomic E-state index is 12.7. The van der Waals surface area contributed by atoms with Crippen molar-refractivity contribution in [2.24, 2.45) is 5.41 Å². The van der Waals surface area contributed by atoms with Crippen LogP contribution in [0.4, 0.5) is 0 Å². The number of hydrogen-bond donors (Lipinski definition) is 1. The van der Waals surface area contributed by atoms with Gasteiger partial charge in [-0.3, -0.25) is 0 Å². The van der Waals surface area contributed by atoms with Crippen LogP contribution in [0.25, 0.3) is 0 Å². The number of aryl methyl sites for hydroxylation is 2. The fraction of sp³-hybridized carbons (Fsp3) is 0.750. The molecule has 0 bridgehead atoms. The third-order valence-corrected chi connectivity index (χ3v) is 6.39. The van der Waals surface area contributed by atoms with E-state index in [2.05, 4.69) is 10.5 Å². The van der Waals surface area contributed by atoms with Crippen LogP contribution >= 0.6 is 12.4 Å². The molecule has 3 heterocycles. The van der Waals surface area contributed by atoms with Gasteiger partial charge in [-0.1, -0.05) is 5.16 Å². The van der Waals surface area contributed by atoms with Crippen molar-refractivity contribution in [3.8, 4) is 0 Å². The summed E-state index contributed by atoms with van der Waals surface area (Å²) in [6, 6.07) is 0. The predicted octanol–water partition coefficient (Wildman–Crippen LogP) is 1.09. The maximum Gasteiger partial charge on any atom is 0.248 e. The van der Waals surface area contributed by atoms with Gasteiger partial charge in [-0.05, 0) is 38.6 Å². The average molecular weight is 322 g/mol. The first-order chi connectivity index (χ1) is 8.95. The molecule has 3 rings (SSSR count). The second-order valence-electron chi connectivity index (χ2n) is 5.67. The summed E-state index contributed by atoms with van der Waals surface area (Å²) in [5.74, 6) is 0.378. The number of hydrogen-bond acceptors (Lipinski definition) is 5. The number of nitrogens with zero attached hydrogens (tertiary/aromatic N) is 2. The summed E-state index contributed by atoms with van der Waals surface area (Å²) in [6.45, 7) is 6.42. The molecule has 2 aliphatic heterocycles. The van der Waals surface area contributed by atoms with Crippen LogP contribution in [0.3, 0.4) is 0 Å². The largest absolute Gasteiger partial charge is 0.360 e. The van der Waals surface area contributed by atoms with Crippen LogP contribution in [0.15, 0.2) is 9.42 Å². The molecule has 1 unspecified atom stereocenters.